The molecule has 4 rings (SSSR count). The molecule has 0 bridgehead atoms. The summed E-state index contributed by atoms with van der Waals surface area (Å²) in [6, 6.07) is 13.1. The van der Waals surface area contributed by atoms with Crippen molar-refractivity contribution in [2.24, 2.45) is 5.10 Å². The molecule has 9 nitrogen and oxygen atoms in total. The molecule has 10 heteroatoms. The van der Waals surface area contributed by atoms with E-state index in [0.29, 0.717) is 43.1 Å². The van der Waals surface area contributed by atoms with Crippen LogP contribution in [0.15, 0.2) is 53.6 Å². The number of carbonyl (C=O) groups excluding carboxylic acids is 4. The maximum atomic E-state index is 14.4. The van der Waals surface area contributed by atoms with Gasteiger partial charge in [0.05, 0.1) is 11.4 Å². The molecular weight excluding hydrogens is 455 g/mol. The fraction of sp³-hybridized carbons (Fsp3) is 0.320. The number of carbonyl (C=O) groups is 4. The first-order valence-electron chi connectivity index (χ1n) is 11.3. The molecule has 35 heavy (non-hydrogen) atoms. The molecule has 0 aromatic heterocycles. The lowest BCUT2D eigenvalue weighted by Crippen LogP contribution is -2.50. The van der Waals surface area contributed by atoms with Crippen molar-refractivity contribution in [2.45, 2.75) is 19.8 Å². The van der Waals surface area contributed by atoms with E-state index in [9.17, 15) is 23.6 Å². The lowest BCUT2D eigenvalue weighted by Gasteiger charge is -2.36. The number of esters is 1. The second-order valence-electron chi connectivity index (χ2n) is 8.25. The lowest BCUT2D eigenvalue weighted by molar-refractivity contribution is -0.147. The van der Waals surface area contributed by atoms with E-state index in [4.69, 9.17) is 4.74 Å². The summed E-state index contributed by atoms with van der Waals surface area (Å²) < 4.78 is 19.6. The van der Waals surface area contributed by atoms with Crippen molar-refractivity contribution >= 4 is 40.7 Å². The molecule has 2 aliphatic rings. The van der Waals surface area contributed by atoms with Crippen LogP contribution in [-0.2, 0) is 19.1 Å². The summed E-state index contributed by atoms with van der Waals surface area (Å²) in [6.07, 6.45) is 0.255. The van der Waals surface area contributed by atoms with Gasteiger partial charge in [0.2, 0.25) is 5.91 Å². The largest absolute Gasteiger partial charge is 0.451 e. The van der Waals surface area contributed by atoms with Crippen LogP contribution in [0.25, 0.3) is 0 Å². The highest BCUT2D eigenvalue weighted by Crippen LogP contribution is 2.23. The summed E-state index contributed by atoms with van der Waals surface area (Å²) in [7, 11) is 0. The second kappa shape index (κ2) is 10.5. The van der Waals surface area contributed by atoms with Gasteiger partial charge in [-0.1, -0.05) is 18.2 Å². The van der Waals surface area contributed by atoms with Crippen LogP contribution in [0.4, 0.5) is 15.8 Å². The van der Waals surface area contributed by atoms with Gasteiger partial charge in [-0.15, -0.1) is 0 Å². The molecule has 0 aliphatic carbocycles. The molecule has 1 fully saturated rings. The van der Waals surface area contributed by atoms with E-state index in [2.05, 4.69) is 5.10 Å². The Morgan fingerprint density at radius 1 is 1.00 bits per heavy atom. The van der Waals surface area contributed by atoms with E-state index < -0.39 is 18.4 Å². The number of hydrogen-bond donors (Lipinski definition) is 0. The van der Waals surface area contributed by atoms with Crippen molar-refractivity contribution in [2.75, 3.05) is 42.7 Å². The minimum Gasteiger partial charge on any atom is -0.451 e. The van der Waals surface area contributed by atoms with E-state index >= 15 is 0 Å². The van der Waals surface area contributed by atoms with Gasteiger partial charge in [0.15, 0.2) is 12.4 Å². The minimum atomic E-state index is -0.738. The number of hydrogen-bond acceptors (Lipinski definition) is 7. The standard InChI is InChI=1S/C25H25FN4O5/c1-17(31)18-7-9-22(20(26)15-18)28-11-13-29(14-12-28)24(33)16-35-25(34)21-8-10-23(32)30(27-21)19-5-3-2-4-6-19/h2-7,9,15H,8,10-14,16H2,1H3. The van der Waals surface area contributed by atoms with Crippen molar-refractivity contribution in [3.63, 3.8) is 0 Å². The molecule has 0 unspecified atom stereocenters. The van der Waals surface area contributed by atoms with Gasteiger partial charge in [0.1, 0.15) is 11.5 Å². The Kier molecular flexibility index (Phi) is 7.19. The number of halogens is 1. The van der Waals surface area contributed by atoms with Gasteiger partial charge in [-0.2, -0.15) is 5.10 Å². The Labute approximate surface area is 201 Å². The number of Topliss-reactive ketones (excluding diaryl/α,β-unsaturated/α-hetero) is 1. The van der Waals surface area contributed by atoms with Crippen molar-refractivity contribution in [3.05, 3.63) is 59.9 Å². The van der Waals surface area contributed by atoms with E-state index in [1.54, 1.807) is 46.2 Å². The van der Waals surface area contributed by atoms with Gasteiger partial charge < -0.3 is 14.5 Å². The molecule has 0 spiro atoms. The Morgan fingerprint density at radius 3 is 2.37 bits per heavy atom. The highest BCUT2D eigenvalue weighted by Gasteiger charge is 2.28. The van der Waals surface area contributed by atoms with E-state index in [1.807, 2.05) is 6.07 Å². The average Bonchev–Trinajstić information content (AvgIpc) is 2.88. The van der Waals surface area contributed by atoms with Crippen LogP contribution in [0.2, 0.25) is 0 Å². The second-order valence-corrected chi connectivity index (χ2v) is 8.25. The first-order chi connectivity index (χ1) is 16.8. The fourth-order valence-electron chi connectivity index (χ4n) is 3.95. The number of nitrogens with zero attached hydrogens (tertiary/aromatic N) is 4. The van der Waals surface area contributed by atoms with Crippen LogP contribution < -0.4 is 9.91 Å². The smallest absolute Gasteiger partial charge is 0.355 e. The van der Waals surface area contributed by atoms with Crippen molar-refractivity contribution in [3.8, 4) is 0 Å². The zero-order valence-corrected chi connectivity index (χ0v) is 19.3. The molecule has 0 saturated carbocycles. The van der Waals surface area contributed by atoms with E-state index in [1.165, 1.54) is 18.0 Å². The molecular formula is C25H25FN4O5. The third kappa shape index (κ3) is 5.53. The fourth-order valence-corrected chi connectivity index (χ4v) is 3.95. The minimum absolute atomic E-state index is 0.0792. The number of anilines is 2. The molecule has 2 amide bonds. The van der Waals surface area contributed by atoms with Crippen molar-refractivity contribution in [1.29, 1.82) is 0 Å². The van der Waals surface area contributed by atoms with Gasteiger partial charge in [-0.3, -0.25) is 14.4 Å². The summed E-state index contributed by atoms with van der Waals surface area (Å²) in [5, 5.41) is 5.30. The SMILES string of the molecule is CC(=O)c1ccc(N2CCN(C(=O)COC(=O)C3=NN(c4ccccc4)C(=O)CC3)CC2)c(F)c1. The molecule has 1 saturated heterocycles. The molecule has 2 aromatic carbocycles. The molecule has 0 radical (unpaired) electrons. The molecule has 2 aliphatic heterocycles. The maximum absolute atomic E-state index is 14.4. The van der Waals surface area contributed by atoms with Crippen LogP contribution in [0.5, 0.6) is 0 Å². The van der Waals surface area contributed by atoms with Crippen molar-refractivity contribution in [1.82, 2.24) is 4.90 Å². The number of para-hydroxylation sites is 1. The highest BCUT2D eigenvalue weighted by molar-refractivity contribution is 6.38. The van der Waals surface area contributed by atoms with Crippen LogP contribution in [0.3, 0.4) is 0 Å². The Bertz CT molecular complexity index is 1180. The van der Waals surface area contributed by atoms with E-state index in [0.717, 1.165) is 0 Å². The molecule has 2 heterocycles. The zero-order chi connectivity index (χ0) is 24.9. The highest BCUT2D eigenvalue weighted by atomic mass is 19.1. The Balaban J connectivity index is 1.30. The molecule has 0 atom stereocenters. The summed E-state index contributed by atoms with van der Waals surface area (Å²) in [4.78, 5) is 52.0. The first kappa shape index (κ1) is 24.1. The molecule has 0 N–H and O–H groups in total. The Morgan fingerprint density at radius 2 is 1.71 bits per heavy atom. The van der Waals surface area contributed by atoms with Gasteiger partial charge in [0, 0.05) is 44.6 Å². The van der Waals surface area contributed by atoms with Gasteiger partial charge in [-0.05, 0) is 37.3 Å². The predicted octanol–water partition coefficient (Wildman–Crippen LogP) is 2.40. The summed E-state index contributed by atoms with van der Waals surface area (Å²) in [5.41, 5.74) is 1.31. The summed E-state index contributed by atoms with van der Waals surface area (Å²) in [6.45, 7) is 2.40. The van der Waals surface area contributed by atoms with Crippen LogP contribution in [-0.4, -0.2) is 67.0 Å². The first-order valence-corrected chi connectivity index (χ1v) is 11.3. The third-order valence-corrected chi connectivity index (χ3v) is 5.92. The van der Waals surface area contributed by atoms with Crippen LogP contribution >= 0.6 is 0 Å². The van der Waals surface area contributed by atoms with Gasteiger partial charge >= 0.3 is 5.97 Å². The summed E-state index contributed by atoms with van der Waals surface area (Å²) >= 11 is 0. The van der Waals surface area contributed by atoms with Gasteiger partial charge in [0.25, 0.3) is 5.91 Å². The monoisotopic (exact) mass is 480 g/mol. The van der Waals surface area contributed by atoms with Gasteiger partial charge in [-0.25, -0.2) is 14.2 Å². The normalized spacial score (nSPS) is 16.1. The number of ether oxygens (including phenoxy) is 1. The van der Waals surface area contributed by atoms with E-state index in [-0.39, 0.29) is 36.2 Å². The topological polar surface area (TPSA) is 99.6 Å². The lowest BCUT2D eigenvalue weighted by atomic mass is 10.1. The third-order valence-electron chi connectivity index (χ3n) is 5.92. The number of benzene rings is 2. The van der Waals surface area contributed by atoms with Crippen LogP contribution in [0, 0.1) is 5.82 Å². The number of hydrazone groups is 1. The molecule has 182 valence electrons. The number of piperazine rings is 1. The average molecular weight is 480 g/mol. The quantitative estimate of drug-likeness (QED) is 0.465. The summed E-state index contributed by atoms with van der Waals surface area (Å²) in [5.74, 6) is -2.02. The number of amides is 2. The van der Waals surface area contributed by atoms with Crippen molar-refractivity contribution < 1.29 is 28.3 Å². The maximum Gasteiger partial charge on any atom is 0.355 e. The predicted molar refractivity (Wildman–Crippen MR) is 127 cm³/mol. The zero-order valence-electron chi connectivity index (χ0n) is 19.3. The number of ketones is 1. The molecule has 2 aromatic rings. The van der Waals surface area contributed by atoms with Crippen LogP contribution in [0.1, 0.15) is 30.1 Å². The Hall–Kier alpha value is -4.08. The number of rotatable bonds is 6.